The van der Waals surface area contributed by atoms with Crippen molar-refractivity contribution in [2.24, 2.45) is 5.92 Å². The van der Waals surface area contributed by atoms with Gasteiger partial charge in [-0.3, -0.25) is 0 Å². The number of hydrogen-bond donors (Lipinski definition) is 3. The van der Waals surface area contributed by atoms with Gasteiger partial charge in [0.2, 0.25) is 12.4 Å². The number of fused-ring (bicyclic) bond motifs is 1. The van der Waals surface area contributed by atoms with Crippen LogP contribution in [0.4, 0.5) is 17.1 Å². The Bertz CT molecular complexity index is 1270. The summed E-state index contributed by atoms with van der Waals surface area (Å²) in [5.74, 6) is 0.389. The molecular formula is C32H37N4+. The summed E-state index contributed by atoms with van der Waals surface area (Å²) >= 11 is 0. The van der Waals surface area contributed by atoms with E-state index >= 15 is 0 Å². The van der Waals surface area contributed by atoms with Crippen molar-refractivity contribution >= 4 is 22.8 Å². The molecule has 0 saturated heterocycles. The summed E-state index contributed by atoms with van der Waals surface area (Å²) in [5, 5.41) is 10.6. The summed E-state index contributed by atoms with van der Waals surface area (Å²) in [4.78, 5) is 0. The van der Waals surface area contributed by atoms with E-state index in [2.05, 4.69) is 119 Å². The largest absolute Gasteiger partial charge is 0.368 e. The lowest BCUT2D eigenvalue weighted by molar-refractivity contribution is -0.539. The minimum Gasteiger partial charge on any atom is -0.368 e. The number of nitrogens with zero attached hydrogens (tertiary/aromatic N) is 1. The number of anilines is 3. The van der Waals surface area contributed by atoms with E-state index in [0.717, 1.165) is 38.2 Å². The highest BCUT2D eigenvalue weighted by molar-refractivity contribution is 6.01. The van der Waals surface area contributed by atoms with Crippen LogP contribution in [0.2, 0.25) is 0 Å². The molecule has 1 heterocycles. The molecule has 4 nitrogen and oxygen atoms in total. The van der Waals surface area contributed by atoms with Gasteiger partial charge in [0.25, 0.3) is 0 Å². The zero-order valence-electron chi connectivity index (χ0n) is 21.4. The van der Waals surface area contributed by atoms with E-state index in [9.17, 15) is 0 Å². The standard InChI is InChI=1S/C32H37N4/c1-3-24-12-16-31(34-22-33-29-8-6-5-7-9-29)27(18-24)20-26-10-14-30(15-11-26)36-21-28-19-25(4-2)13-17-32(28)35-23-36/h5-19,26,33-35H,3-4,20-23H2,1-2H3/q+1. The molecule has 1 aliphatic heterocycles. The van der Waals surface area contributed by atoms with Gasteiger partial charge in [-0.25, -0.2) is 4.58 Å². The van der Waals surface area contributed by atoms with Crippen LogP contribution in [-0.4, -0.2) is 23.6 Å². The molecule has 0 amide bonds. The summed E-state index contributed by atoms with van der Waals surface area (Å²) in [7, 11) is 0. The van der Waals surface area contributed by atoms with Gasteiger partial charge in [0.1, 0.15) is 0 Å². The summed E-state index contributed by atoms with van der Waals surface area (Å²) in [6.45, 7) is 6.92. The van der Waals surface area contributed by atoms with E-state index in [1.54, 1.807) is 0 Å². The molecule has 0 unspecified atom stereocenters. The molecule has 0 radical (unpaired) electrons. The van der Waals surface area contributed by atoms with Crippen LogP contribution < -0.4 is 16.0 Å². The third-order valence-electron chi connectivity index (χ3n) is 7.17. The normalized spacial score (nSPS) is 16.4. The number of para-hydroxylation sites is 1. The molecule has 4 heteroatoms. The smallest absolute Gasteiger partial charge is 0.217 e. The Kier molecular flexibility index (Phi) is 7.51. The quantitative estimate of drug-likeness (QED) is 0.252. The van der Waals surface area contributed by atoms with Crippen molar-refractivity contribution in [1.82, 2.24) is 0 Å². The maximum atomic E-state index is 3.60. The first-order valence-electron chi connectivity index (χ1n) is 13.2. The second-order valence-corrected chi connectivity index (χ2v) is 9.63. The molecule has 3 aromatic carbocycles. The SMILES string of the molecule is CCc1ccc(NCNc2ccccc2)c(CC2C=CC(=[N+]3CNc4ccc(CC)cc4C3)C=C2)c1. The molecule has 3 aromatic rings. The molecule has 1 aliphatic carbocycles. The minimum absolute atomic E-state index is 0.389. The van der Waals surface area contributed by atoms with Crippen molar-refractivity contribution in [3.63, 3.8) is 0 Å². The molecule has 0 saturated carbocycles. The number of nitrogens with one attached hydrogen (secondary N) is 3. The van der Waals surface area contributed by atoms with Crippen molar-refractivity contribution in [3.8, 4) is 0 Å². The monoisotopic (exact) mass is 477 g/mol. The van der Waals surface area contributed by atoms with Crippen molar-refractivity contribution in [3.05, 3.63) is 113 Å². The average molecular weight is 478 g/mol. The Balaban J connectivity index is 1.26. The van der Waals surface area contributed by atoms with Gasteiger partial charge in [-0.15, -0.1) is 0 Å². The van der Waals surface area contributed by atoms with Crippen LogP contribution in [0, 0.1) is 5.92 Å². The highest BCUT2D eigenvalue weighted by atomic mass is 15.2. The zero-order valence-corrected chi connectivity index (χ0v) is 21.4. The predicted molar refractivity (Wildman–Crippen MR) is 153 cm³/mol. The third kappa shape index (κ3) is 5.71. The molecule has 0 aromatic heterocycles. The summed E-state index contributed by atoms with van der Waals surface area (Å²) in [5.41, 5.74) is 10.4. The minimum atomic E-state index is 0.389. The summed E-state index contributed by atoms with van der Waals surface area (Å²) in [6, 6.07) is 24.0. The van der Waals surface area contributed by atoms with Crippen molar-refractivity contribution in [2.75, 3.05) is 29.3 Å². The van der Waals surface area contributed by atoms with E-state index in [0.29, 0.717) is 12.6 Å². The lowest BCUT2D eigenvalue weighted by Gasteiger charge is -2.20. The molecule has 0 atom stereocenters. The Labute approximate surface area is 215 Å². The maximum absolute atomic E-state index is 3.60. The van der Waals surface area contributed by atoms with Gasteiger partial charge >= 0.3 is 0 Å². The number of rotatable bonds is 8. The van der Waals surface area contributed by atoms with Crippen LogP contribution in [0.5, 0.6) is 0 Å². The molecule has 0 fully saturated rings. The highest BCUT2D eigenvalue weighted by Crippen LogP contribution is 2.26. The van der Waals surface area contributed by atoms with Gasteiger partial charge in [0.15, 0.2) is 6.54 Å². The van der Waals surface area contributed by atoms with Gasteiger partial charge in [-0.2, -0.15) is 0 Å². The molecule has 2 aliphatic rings. The van der Waals surface area contributed by atoms with Crippen LogP contribution >= 0.6 is 0 Å². The average Bonchev–Trinajstić information content (AvgIpc) is 2.94. The first-order chi connectivity index (χ1) is 17.7. The van der Waals surface area contributed by atoms with E-state index in [1.165, 1.54) is 39.3 Å². The van der Waals surface area contributed by atoms with Crippen LogP contribution in [0.15, 0.2) is 91.0 Å². The second-order valence-electron chi connectivity index (χ2n) is 9.63. The van der Waals surface area contributed by atoms with Gasteiger partial charge in [-0.05, 0) is 72.2 Å². The summed E-state index contributed by atoms with van der Waals surface area (Å²) in [6.07, 6.45) is 12.4. The van der Waals surface area contributed by atoms with E-state index in [1.807, 2.05) is 6.07 Å². The Morgan fingerprint density at radius 2 is 1.61 bits per heavy atom. The van der Waals surface area contributed by atoms with Gasteiger partial charge in [0, 0.05) is 34.8 Å². The molecule has 184 valence electrons. The fraction of sp³-hybridized carbons (Fsp3) is 0.281. The topological polar surface area (TPSA) is 39.1 Å². The highest BCUT2D eigenvalue weighted by Gasteiger charge is 2.21. The number of allylic oxidation sites excluding steroid dienone is 4. The van der Waals surface area contributed by atoms with Crippen molar-refractivity contribution in [2.45, 2.75) is 39.7 Å². The maximum Gasteiger partial charge on any atom is 0.217 e. The first-order valence-corrected chi connectivity index (χ1v) is 13.2. The molecular weight excluding hydrogens is 440 g/mol. The lowest BCUT2D eigenvalue weighted by Crippen LogP contribution is -2.30. The van der Waals surface area contributed by atoms with E-state index in [-0.39, 0.29) is 0 Å². The fourth-order valence-electron chi connectivity index (χ4n) is 4.97. The van der Waals surface area contributed by atoms with Crippen LogP contribution in [0.1, 0.15) is 36.1 Å². The van der Waals surface area contributed by atoms with Crippen molar-refractivity contribution < 1.29 is 4.58 Å². The molecule has 5 rings (SSSR count). The Hall–Kier alpha value is -3.79. The third-order valence-corrected chi connectivity index (χ3v) is 7.17. The van der Waals surface area contributed by atoms with E-state index in [4.69, 9.17) is 0 Å². The number of benzene rings is 3. The Morgan fingerprint density at radius 3 is 2.39 bits per heavy atom. The van der Waals surface area contributed by atoms with Crippen LogP contribution in [0.25, 0.3) is 0 Å². The summed E-state index contributed by atoms with van der Waals surface area (Å²) < 4.78 is 2.42. The fourth-order valence-corrected chi connectivity index (χ4v) is 4.97. The van der Waals surface area contributed by atoms with Gasteiger partial charge in [0.05, 0.1) is 6.67 Å². The van der Waals surface area contributed by atoms with E-state index < -0.39 is 0 Å². The molecule has 0 spiro atoms. The number of hydrogen-bond acceptors (Lipinski definition) is 3. The predicted octanol–water partition coefficient (Wildman–Crippen LogP) is 6.61. The first kappa shape index (κ1) is 23.9. The zero-order chi connectivity index (χ0) is 24.7. The second kappa shape index (κ2) is 11.3. The number of aryl methyl sites for hydroxylation is 2. The lowest BCUT2D eigenvalue weighted by atomic mass is 9.92. The van der Waals surface area contributed by atoms with Gasteiger partial charge < -0.3 is 16.0 Å². The van der Waals surface area contributed by atoms with Crippen molar-refractivity contribution in [1.29, 1.82) is 0 Å². The van der Waals surface area contributed by atoms with Crippen LogP contribution in [-0.2, 0) is 25.8 Å². The molecule has 3 N–H and O–H groups in total. The van der Waals surface area contributed by atoms with Crippen LogP contribution in [0.3, 0.4) is 0 Å². The molecule has 0 bridgehead atoms. The molecule has 36 heavy (non-hydrogen) atoms. The Morgan fingerprint density at radius 1 is 0.861 bits per heavy atom. The van der Waals surface area contributed by atoms with Gasteiger partial charge in [-0.1, -0.05) is 62.4 Å².